The third-order valence-corrected chi connectivity index (χ3v) is 1.82. The van der Waals surface area contributed by atoms with Crippen molar-refractivity contribution in [1.29, 1.82) is 0 Å². The second-order valence-corrected chi connectivity index (χ2v) is 3.07. The van der Waals surface area contributed by atoms with E-state index in [1.807, 2.05) is 6.92 Å². The second-order valence-electron chi connectivity index (χ2n) is 3.07. The first-order valence-electron chi connectivity index (χ1n) is 4.44. The second kappa shape index (κ2) is 4.77. The molecule has 0 aliphatic carbocycles. The van der Waals surface area contributed by atoms with Gasteiger partial charge in [-0.2, -0.15) is 0 Å². The Morgan fingerprint density at radius 1 is 1.64 bits per heavy atom. The number of nitrogens with two attached hydrogens (primary N) is 1. The van der Waals surface area contributed by atoms with E-state index in [1.54, 1.807) is 12.1 Å². The molecule has 2 N–H and O–H groups in total. The molecule has 1 aromatic rings. The molecule has 0 saturated carbocycles. The lowest BCUT2D eigenvalue weighted by Gasteiger charge is -2.12. The summed E-state index contributed by atoms with van der Waals surface area (Å²) in [4.78, 5) is 0. The summed E-state index contributed by atoms with van der Waals surface area (Å²) in [6, 6.07) is 4.18. The Hall–Kier alpha value is -1.35. The van der Waals surface area contributed by atoms with E-state index in [4.69, 9.17) is 10.5 Å². The van der Waals surface area contributed by atoms with Gasteiger partial charge in [0.15, 0.2) is 0 Å². The maximum atomic E-state index is 12.9. The van der Waals surface area contributed by atoms with E-state index in [2.05, 4.69) is 6.58 Å². The van der Waals surface area contributed by atoms with Crippen LogP contribution in [-0.2, 0) is 0 Å². The van der Waals surface area contributed by atoms with Gasteiger partial charge in [0.1, 0.15) is 18.2 Å². The molecule has 0 saturated heterocycles. The zero-order valence-corrected chi connectivity index (χ0v) is 8.16. The summed E-state index contributed by atoms with van der Waals surface area (Å²) < 4.78 is 18.2. The third kappa shape index (κ3) is 2.57. The third-order valence-electron chi connectivity index (χ3n) is 1.82. The van der Waals surface area contributed by atoms with Crippen LogP contribution in [0.5, 0.6) is 5.75 Å². The van der Waals surface area contributed by atoms with E-state index in [1.165, 1.54) is 12.1 Å². The fourth-order valence-electron chi connectivity index (χ4n) is 1.16. The van der Waals surface area contributed by atoms with Gasteiger partial charge in [0.25, 0.3) is 0 Å². The van der Waals surface area contributed by atoms with Gasteiger partial charge < -0.3 is 10.5 Å². The van der Waals surface area contributed by atoms with E-state index >= 15 is 0 Å². The largest absolute Gasteiger partial charge is 0.489 e. The van der Waals surface area contributed by atoms with Gasteiger partial charge in [0, 0.05) is 17.7 Å². The van der Waals surface area contributed by atoms with Crippen molar-refractivity contribution >= 4 is 0 Å². The van der Waals surface area contributed by atoms with E-state index in [9.17, 15) is 4.39 Å². The molecule has 1 unspecified atom stereocenters. The molecule has 2 nitrogen and oxygen atoms in total. The van der Waals surface area contributed by atoms with Crippen LogP contribution >= 0.6 is 0 Å². The van der Waals surface area contributed by atoms with E-state index in [0.717, 1.165) is 5.56 Å². The van der Waals surface area contributed by atoms with Crippen LogP contribution in [0.1, 0.15) is 18.5 Å². The molecule has 76 valence electrons. The SMILES string of the molecule is C=CCOc1cc(F)ccc1C(C)N. The molecule has 0 heterocycles. The lowest BCUT2D eigenvalue weighted by molar-refractivity contribution is 0.354. The topological polar surface area (TPSA) is 35.2 Å². The maximum absolute atomic E-state index is 12.9. The molecule has 0 radical (unpaired) electrons. The lowest BCUT2D eigenvalue weighted by Crippen LogP contribution is -2.08. The fourth-order valence-corrected chi connectivity index (χ4v) is 1.16. The monoisotopic (exact) mass is 195 g/mol. The van der Waals surface area contributed by atoms with E-state index in [-0.39, 0.29) is 11.9 Å². The Balaban J connectivity index is 2.96. The Labute approximate surface area is 83.2 Å². The highest BCUT2D eigenvalue weighted by molar-refractivity contribution is 5.36. The van der Waals surface area contributed by atoms with Crippen molar-refractivity contribution in [2.24, 2.45) is 5.73 Å². The molecular formula is C11H14FNO. The zero-order chi connectivity index (χ0) is 10.6. The molecule has 1 atom stereocenters. The first kappa shape index (κ1) is 10.7. The van der Waals surface area contributed by atoms with Gasteiger partial charge in [-0.1, -0.05) is 18.7 Å². The summed E-state index contributed by atoms with van der Waals surface area (Å²) in [6.07, 6.45) is 1.61. The number of ether oxygens (including phenoxy) is 1. The molecule has 0 aromatic heterocycles. The average Bonchev–Trinajstić information content (AvgIpc) is 2.14. The van der Waals surface area contributed by atoms with Gasteiger partial charge >= 0.3 is 0 Å². The Bertz CT molecular complexity index is 323. The predicted molar refractivity (Wildman–Crippen MR) is 54.7 cm³/mol. The van der Waals surface area contributed by atoms with Gasteiger partial charge in [-0.25, -0.2) is 4.39 Å². The predicted octanol–water partition coefficient (Wildman–Crippen LogP) is 2.41. The van der Waals surface area contributed by atoms with E-state index in [0.29, 0.717) is 12.4 Å². The van der Waals surface area contributed by atoms with Gasteiger partial charge in [-0.15, -0.1) is 0 Å². The van der Waals surface area contributed by atoms with Crippen molar-refractivity contribution in [2.75, 3.05) is 6.61 Å². The summed E-state index contributed by atoms with van der Waals surface area (Å²) in [5.41, 5.74) is 6.51. The summed E-state index contributed by atoms with van der Waals surface area (Å²) in [5, 5.41) is 0. The standard InChI is InChI=1S/C11H14FNO/c1-3-6-14-11-7-9(12)4-5-10(11)8(2)13/h3-5,7-8H,1,6,13H2,2H3. The minimum absolute atomic E-state index is 0.171. The van der Waals surface area contributed by atoms with Crippen LogP contribution in [0.4, 0.5) is 4.39 Å². The Kier molecular flexibility index (Phi) is 3.65. The van der Waals surface area contributed by atoms with E-state index < -0.39 is 0 Å². The van der Waals surface area contributed by atoms with Crippen molar-refractivity contribution in [3.63, 3.8) is 0 Å². The Morgan fingerprint density at radius 2 is 2.36 bits per heavy atom. The normalized spacial score (nSPS) is 12.2. The van der Waals surface area contributed by atoms with Crippen LogP contribution in [0.15, 0.2) is 30.9 Å². The number of benzene rings is 1. The van der Waals surface area contributed by atoms with Crippen molar-refractivity contribution in [1.82, 2.24) is 0 Å². The van der Waals surface area contributed by atoms with Crippen molar-refractivity contribution < 1.29 is 9.13 Å². The lowest BCUT2D eigenvalue weighted by atomic mass is 10.1. The number of halogens is 1. The summed E-state index contributed by atoms with van der Waals surface area (Å²) >= 11 is 0. The number of hydrogen-bond donors (Lipinski definition) is 1. The number of rotatable bonds is 4. The average molecular weight is 195 g/mol. The minimum Gasteiger partial charge on any atom is -0.489 e. The van der Waals surface area contributed by atoms with Gasteiger partial charge in [-0.3, -0.25) is 0 Å². The van der Waals surface area contributed by atoms with Crippen LogP contribution in [0.25, 0.3) is 0 Å². The molecule has 3 heteroatoms. The summed E-state index contributed by atoms with van der Waals surface area (Å²) in [5.74, 6) is 0.161. The van der Waals surface area contributed by atoms with Crippen LogP contribution in [0.2, 0.25) is 0 Å². The van der Waals surface area contributed by atoms with Crippen LogP contribution < -0.4 is 10.5 Å². The molecule has 0 spiro atoms. The van der Waals surface area contributed by atoms with Gasteiger partial charge in [-0.05, 0) is 13.0 Å². The van der Waals surface area contributed by atoms with Crippen molar-refractivity contribution in [2.45, 2.75) is 13.0 Å². The fraction of sp³-hybridized carbons (Fsp3) is 0.273. The maximum Gasteiger partial charge on any atom is 0.127 e. The first-order chi connectivity index (χ1) is 6.65. The molecule has 14 heavy (non-hydrogen) atoms. The van der Waals surface area contributed by atoms with Crippen molar-refractivity contribution in [3.8, 4) is 5.75 Å². The zero-order valence-electron chi connectivity index (χ0n) is 8.16. The highest BCUT2D eigenvalue weighted by Gasteiger charge is 2.08. The molecular weight excluding hydrogens is 181 g/mol. The van der Waals surface area contributed by atoms with Gasteiger partial charge in [0.2, 0.25) is 0 Å². The molecule has 1 rings (SSSR count). The minimum atomic E-state index is -0.325. The van der Waals surface area contributed by atoms with Crippen LogP contribution in [0, 0.1) is 5.82 Å². The molecule has 0 aliphatic rings. The molecule has 0 bridgehead atoms. The quantitative estimate of drug-likeness (QED) is 0.749. The molecule has 0 fully saturated rings. The molecule has 1 aromatic carbocycles. The van der Waals surface area contributed by atoms with Crippen LogP contribution in [-0.4, -0.2) is 6.61 Å². The molecule has 0 amide bonds. The van der Waals surface area contributed by atoms with Gasteiger partial charge in [0.05, 0.1) is 0 Å². The summed E-state index contributed by atoms with van der Waals surface area (Å²) in [6.45, 7) is 5.70. The highest BCUT2D eigenvalue weighted by Crippen LogP contribution is 2.24. The Morgan fingerprint density at radius 3 is 2.93 bits per heavy atom. The number of hydrogen-bond acceptors (Lipinski definition) is 2. The smallest absolute Gasteiger partial charge is 0.127 e. The molecule has 0 aliphatic heterocycles. The van der Waals surface area contributed by atoms with Crippen molar-refractivity contribution in [3.05, 3.63) is 42.2 Å². The first-order valence-corrected chi connectivity index (χ1v) is 4.44. The highest BCUT2D eigenvalue weighted by atomic mass is 19.1. The summed E-state index contributed by atoms with van der Waals surface area (Å²) in [7, 11) is 0. The van der Waals surface area contributed by atoms with Crippen LogP contribution in [0.3, 0.4) is 0 Å².